The number of aliphatic imine (C=N–C) groups is 1. The van der Waals surface area contributed by atoms with Crippen molar-refractivity contribution in [3.63, 3.8) is 0 Å². The van der Waals surface area contributed by atoms with Crippen molar-refractivity contribution in [2.24, 2.45) is 4.99 Å². The Kier molecular flexibility index (Phi) is 8.17. The van der Waals surface area contributed by atoms with E-state index in [1.54, 1.807) is 14.2 Å². The molecule has 0 fully saturated rings. The molecule has 7 heteroatoms. The third-order valence-corrected chi connectivity index (χ3v) is 4.73. The van der Waals surface area contributed by atoms with Crippen molar-refractivity contribution >= 4 is 11.9 Å². The second-order valence-corrected chi connectivity index (χ2v) is 8.28. The number of fused-ring (bicyclic) bond motifs is 1. The number of guanidine groups is 1. The van der Waals surface area contributed by atoms with Crippen molar-refractivity contribution < 1.29 is 14.3 Å². The van der Waals surface area contributed by atoms with Crippen molar-refractivity contribution in [2.75, 3.05) is 33.9 Å². The minimum absolute atomic E-state index is 0.0538. The lowest BCUT2D eigenvalue weighted by Crippen LogP contribution is -2.47. The number of hydrogen-bond donors (Lipinski definition) is 2. The molecule has 1 aliphatic rings. The Hall–Kier alpha value is -2.44. The van der Waals surface area contributed by atoms with E-state index in [0.29, 0.717) is 25.3 Å². The molecule has 0 aromatic heterocycles. The highest BCUT2D eigenvalue weighted by Gasteiger charge is 2.22. The Balaban J connectivity index is 1.90. The zero-order valence-corrected chi connectivity index (χ0v) is 18.7. The molecule has 0 saturated heterocycles. The maximum atomic E-state index is 12.7. The van der Waals surface area contributed by atoms with E-state index in [9.17, 15) is 4.79 Å². The van der Waals surface area contributed by atoms with Gasteiger partial charge in [0.15, 0.2) is 17.5 Å². The smallest absolute Gasteiger partial charge is 0.222 e. The van der Waals surface area contributed by atoms with Gasteiger partial charge in [-0.25, -0.2) is 0 Å². The Morgan fingerprint density at radius 3 is 2.41 bits per heavy atom. The van der Waals surface area contributed by atoms with E-state index in [1.165, 1.54) is 5.56 Å². The van der Waals surface area contributed by atoms with Crippen LogP contribution in [0.3, 0.4) is 0 Å². The number of carbonyl (C=O) groups is 1. The highest BCUT2D eigenvalue weighted by molar-refractivity contribution is 5.80. The lowest BCUT2D eigenvalue weighted by atomic mass is 9.98. The number of rotatable bonds is 7. The van der Waals surface area contributed by atoms with Gasteiger partial charge < -0.3 is 25.0 Å². The van der Waals surface area contributed by atoms with Crippen LogP contribution in [0.25, 0.3) is 0 Å². The van der Waals surface area contributed by atoms with Gasteiger partial charge in [-0.15, -0.1) is 0 Å². The van der Waals surface area contributed by atoms with Gasteiger partial charge in [-0.3, -0.25) is 9.79 Å². The van der Waals surface area contributed by atoms with Crippen molar-refractivity contribution in [3.8, 4) is 11.5 Å². The molecule has 7 nitrogen and oxygen atoms in total. The van der Waals surface area contributed by atoms with Crippen molar-refractivity contribution in [3.05, 3.63) is 23.3 Å². The number of nitrogens with zero attached hydrogens (tertiary/aromatic N) is 2. The lowest BCUT2D eigenvalue weighted by Gasteiger charge is -2.29. The van der Waals surface area contributed by atoms with Crippen LogP contribution in [0.15, 0.2) is 17.1 Å². The number of methoxy groups -OCH3 is 2. The monoisotopic (exact) mass is 404 g/mol. The first-order chi connectivity index (χ1) is 13.8. The molecule has 0 radical (unpaired) electrons. The standard InChI is InChI=1S/C22H36N4O3/c1-7-23-21(25-22(2,3)4)24-11-8-9-20(27)26-12-10-16-13-18(28-5)19(29-6)14-17(16)15-26/h13-14H,7-12,15H2,1-6H3,(H2,23,24,25). The third kappa shape index (κ3) is 6.84. The van der Waals surface area contributed by atoms with E-state index in [0.717, 1.165) is 43.2 Å². The van der Waals surface area contributed by atoms with E-state index in [-0.39, 0.29) is 11.4 Å². The molecule has 29 heavy (non-hydrogen) atoms. The van der Waals surface area contributed by atoms with Crippen LogP contribution >= 0.6 is 0 Å². The van der Waals surface area contributed by atoms with E-state index < -0.39 is 0 Å². The van der Waals surface area contributed by atoms with Gasteiger partial charge in [0.1, 0.15) is 0 Å². The topological polar surface area (TPSA) is 75.2 Å². The molecule has 0 bridgehead atoms. The molecule has 0 unspecified atom stereocenters. The molecule has 0 atom stereocenters. The average molecular weight is 405 g/mol. The summed E-state index contributed by atoms with van der Waals surface area (Å²) in [4.78, 5) is 19.2. The Morgan fingerprint density at radius 1 is 1.17 bits per heavy atom. The number of nitrogens with one attached hydrogen (secondary N) is 2. The predicted molar refractivity (Wildman–Crippen MR) is 117 cm³/mol. The zero-order valence-electron chi connectivity index (χ0n) is 18.7. The fourth-order valence-electron chi connectivity index (χ4n) is 3.34. The molecule has 0 spiro atoms. The second-order valence-electron chi connectivity index (χ2n) is 8.28. The number of carbonyl (C=O) groups excluding carboxylic acids is 1. The van der Waals surface area contributed by atoms with Crippen LogP contribution in [0.2, 0.25) is 0 Å². The maximum absolute atomic E-state index is 12.7. The largest absolute Gasteiger partial charge is 0.493 e. The normalized spacial score (nSPS) is 14.3. The van der Waals surface area contributed by atoms with Crippen molar-refractivity contribution in [2.45, 2.75) is 59.0 Å². The van der Waals surface area contributed by atoms with Crippen molar-refractivity contribution in [1.82, 2.24) is 15.5 Å². The minimum Gasteiger partial charge on any atom is -0.493 e. The van der Waals surface area contributed by atoms with Gasteiger partial charge >= 0.3 is 0 Å². The van der Waals surface area contributed by atoms with Crippen LogP contribution in [-0.2, 0) is 17.8 Å². The first-order valence-electron chi connectivity index (χ1n) is 10.4. The van der Waals surface area contributed by atoms with Gasteiger partial charge in [-0.05, 0) is 63.8 Å². The molecule has 0 aliphatic carbocycles. The molecule has 0 saturated carbocycles. The number of ether oxygens (including phenoxy) is 2. The van der Waals surface area contributed by atoms with E-state index >= 15 is 0 Å². The first kappa shape index (κ1) is 22.8. The summed E-state index contributed by atoms with van der Waals surface area (Å²) in [6.07, 6.45) is 2.07. The van der Waals surface area contributed by atoms with Crippen LogP contribution < -0.4 is 20.1 Å². The fraction of sp³-hybridized carbons (Fsp3) is 0.636. The summed E-state index contributed by atoms with van der Waals surface area (Å²) in [7, 11) is 3.27. The van der Waals surface area contributed by atoms with Gasteiger partial charge in [0.2, 0.25) is 5.91 Å². The fourth-order valence-corrected chi connectivity index (χ4v) is 3.34. The summed E-state index contributed by atoms with van der Waals surface area (Å²) in [5, 5.41) is 6.60. The van der Waals surface area contributed by atoms with Gasteiger partial charge in [0.25, 0.3) is 0 Å². The third-order valence-electron chi connectivity index (χ3n) is 4.73. The summed E-state index contributed by atoms with van der Waals surface area (Å²) in [5.41, 5.74) is 2.30. The summed E-state index contributed by atoms with van der Waals surface area (Å²) in [5.74, 6) is 2.41. The van der Waals surface area contributed by atoms with E-state index in [1.807, 2.05) is 24.0 Å². The number of amides is 1. The molecule has 1 aromatic rings. The van der Waals surface area contributed by atoms with Gasteiger partial charge in [-0.1, -0.05) is 0 Å². The number of hydrogen-bond acceptors (Lipinski definition) is 4. The Morgan fingerprint density at radius 2 is 1.83 bits per heavy atom. The first-order valence-corrected chi connectivity index (χ1v) is 10.4. The van der Waals surface area contributed by atoms with Crippen molar-refractivity contribution in [1.29, 1.82) is 0 Å². The van der Waals surface area contributed by atoms with E-state index in [2.05, 4.69) is 36.4 Å². The Bertz CT molecular complexity index is 726. The van der Waals surface area contributed by atoms with Crippen LogP contribution in [0, 0.1) is 0 Å². The van der Waals surface area contributed by atoms with Gasteiger partial charge in [-0.2, -0.15) is 0 Å². The summed E-state index contributed by atoms with van der Waals surface area (Å²) < 4.78 is 10.8. The highest BCUT2D eigenvalue weighted by Crippen LogP contribution is 2.33. The molecule has 1 heterocycles. The Labute approximate surface area is 174 Å². The molecule has 1 aromatic carbocycles. The summed E-state index contributed by atoms with van der Waals surface area (Å²) in [6.45, 7) is 11.1. The molecule has 162 valence electrons. The number of benzene rings is 1. The molecule has 1 amide bonds. The zero-order chi connectivity index (χ0) is 21.4. The predicted octanol–water partition coefficient (Wildman–Crippen LogP) is 2.72. The summed E-state index contributed by atoms with van der Waals surface area (Å²) >= 11 is 0. The second kappa shape index (κ2) is 10.4. The molecular formula is C22H36N4O3. The lowest BCUT2D eigenvalue weighted by molar-refractivity contribution is -0.132. The average Bonchev–Trinajstić information content (AvgIpc) is 2.68. The minimum atomic E-state index is -0.0538. The van der Waals surface area contributed by atoms with Gasteiger partial charge in [0.05, 0.1) is 14.2 Å². The molecule has 2 rings (SSSR count). The van der Waals surface area contributed by atoms with Crippen LogP contribution in [0.4, 0.5) is 0 Å². The molecule has 2 N–H and O–H groups in total. The summed E-state index contributed by atoms with van der Waals surface area (Å²) in [6, 6.07) is 4.01. The maximum Gasteiger partial charge on any atom is 0.222 e. The molecular weight excluding hydrogens is 368 g/mol. The molecule has 1 aliphatic heterocycles. The van der Waals surface area contributed by atoms with Crippen LogP contribution in [0.5, 0.6) is 11.5 Å². The van der Waals surface area contributed by atoms with Crippen LogP contribution in [0.1, 0.15) is 51.7 Å². The highest BCUT2D eigenvalue weighted by atomic mass is 16.5. The van der Waals surface area contributed by atoms with Crippen LogP contribution in [-0.4, -0.2) is 56.2 Å². The quantitative estimate of drug-likeness (QED) is 0.415. The van der Waals surface area contributed by atoms with Gasteiger partial charge in [0, 0.05) is 38.1 Å². The van der Waals surface area contributed by atoms with E-state index in [4.69, 9.17) is 9.47 Å². The SMILES string of the molecule is CCNC(=NCCCC(=O)N1CCc2cc(OC)c(OC)cc2C1)NC(C)(C)C.